The third-order valence-corrected chi connectivity index (χ3v) is 4.56. The number of carbonyl (C=O) groups is 1. The van der Waals surface area contributed by atoms with Crippen molar-refractivity contribution in [1.82, 2.24) is 10.3 Å². The molecule has 3 rings (SSSR count). The van der Waals surface area contributed by atoms with Crippen LogP contribution < -0.4 is 10.6 Å². The first-order valence-electron chi connectivity index (χ1n) is 9.68. The molecule has 0 saturated carbocycles. The highest BCUT2D eigenvalue weighted by molar-refractivity contribution is 6.07. The first-order chi connectivity index (χ1) is 13.6. The van der Waals surface area contributed by atoms with Gasteiger partial charge in [-0.05, 0) is 51.0 Å². The summed E-state index contributed by atoms with van der Waals surface area (Å²) in [6.07, 6.45) is 0.788. The average Bonchev–Trinajstić information content (AvgIpc) is 2.69. The first kappa shape index (κ1) is 19.8. The number of amides is 1. The number of hydrogen-bond donors (Lipinski definition) is 2. The highest BCUT2D eigenvalue weighted by Gasteiger charge is 2.13. The van der Waals surface area contributed by atoms with Crippen molar-refractivity contribution in [2.24, 2.45) is 0 Å². The van der Waals surface area contributed by atoms with E-state index >= 15 is 0 Å². The quantitative estimate of drug-likeness (QED) is 0.556. The smallest absolute Gasteiger partial charge is 0.252 e. The number of benzene rings is 2. The molecule has 0 fully saturated rings. The Balaban J connectivity index is 1.85. The second-order valence-corrected chi connectivity index (χ2v) is 6.82. The lowest BCUT2D eigenvalue weighted by Gasteiger charge is -2.13. The molecule has 0 aliphatic carbocycles. The van der Waals surface area contributed by atoms with E-state index in [-0.39, 0.29) is 5.91 Å². The van der Waals surface area contributed by atoms with Gasteiger partial charge in [0.25, 0.3) is 5.91 Å². The van der Waals surface area contributed by atoms with Crippen LogP contribution in [0.3, 0.4) is 0 Å². The van der Waals surface area contributed by atoms with Crippen molar-refractivity contribution in [3.8, 4) is 0 Å². The molecule has 1 amide bonds. The summed E-state index contributed by atoms with van der Waals surface area (Å²) in [5, 5.41) is 7.19. The minimum Gasteiger partial charge on any atom is -0.382 e. The van der Waals surface area contributed by atoms with Gasteiger partial charge in [0.05, 0.1) is 11.1 Å². The van der Waals surface area contributed by atoms with Crippen LogP contribution in [0.2, 0.25) is 0 Å². The van der Waals surface area contributed by atoms with Crippen LogP contribution in [-0.4, -0.2) is 30.6 Å². The molecular formula is C23H27N3O2. The van der Waals surface area contributed by atoms with Gasteiger partial charge < -0.3 is 15.4 Å². The summed E-state index contributed by atoms with van der Waals surface area (Å²) in [7, 11) is 0. The van der Waals surface area contributed by atoms with Crippen LogP contribution in [0.15, 0.2) is 48.5 Å². The Morgan fingerprint density at radius 1 is 1.11 bits per heavy atom. The fourth-order valence-corrected chi connectivity index (χ4v) is 3.13. The van der Waals surface area contributed by atoms with Crippen LogP contribution in [0.25, 0.3) is 10.9 Å². The van der Waals surface area contributed by atoms with E-state index in [0.717, 1.165) is 28.6 Å². The van der Waals surface area contributed by atoms with Crippen LogP contribution in [0, 0.1) is 13.8 Å². The minimum atomic E-state index is -0.0984. The Kier molecular flexibility index (Phi) is 6.61. The molecular weight excluding hydrogens is 350 g/mol. The van der Waals surface area contributed by atoms with Gasteiger partial charge in [0.15, 0.2) is 0 Å². The molecule has 0 radical (unpaired) electrons. The molecule has 5 heteroatoms. The van der Waals surface area contributed by atoms with Gasteiger partial charge in [0, 0.05) is 30.8 Å². The number of anilines is 2. The van der Waals surface area contributed by atoms with Gasteiger partial charge in [-0.1, -0.05) is 35.9 Å². The van der Waals surface area contributed by atoms with E-state index in [1.54, 1.807) is 0 Å². The molecule has 1 aromatic heterocycles. The Morgan fingerprint density at radius 2 is 1.93 bits per heavy atom. The van der Waals surface area contributed by atoms with E-state index in [0.29, 0.717) is 31.1 Å². The number of pyridine rings is 1. The van der Waals surface area contributed by atoms with Crippen LogP contribution in [-0.2, 0) is 4.74 Å². The summed E-state index contributed by atoms with van der Waals surface area (Å²) in [6.45, 7) is 8.01. The number of nitrogens with one attached hydrogen (secondary N) is 2. The van der Waals surface area contributed by atoms with Gasteiger partial charge in [-0.25, -0.2) is 4.98 Å². The van der Waals surface area contributed by atoms with Crippen molar-refractivity contribution >= 4 is 28.3 Å². The Morgan fingerprint density at radius 3 is 2.71 bits per heavy atom. The maximum absolute atomic E-state index is 12.8. The zero-order valence-electron chi connectivity index (χ0n) is 16.7. The van der Waals surface area contributed by atoms with Crippen LogP contribution in [0.4, 0.5) is 11.5 Å². The third-order valence-electron chi connectivity index (χ3n) is 4.56. The predicted molar refractivity (Wildman–Crippen MR) is 114 cm³/mol. The number of hydrogen-bond acceptors (Lipinski definition) is 4. The second-order valence-electron chi connectivity index (χ2n) is 6.82. The lowest BCUT2D eigenvalue weighted by atomic mass is 10.1. The largest absolute Gasteiger partial charge is 0.382 e. The molecule has 0 aliphatic rings. The van der Waals surface area contributed by atoms with E-state index < -0.39 is 0 Å². The number of nitrogens with zero attached hydrogens (tertiary/aromatic N) is 1. The van der Waals surface area contributed by atoms with Crippen molar-refractivity contribution in [2.75, 3.05) is 25.1 Å². The number of fused-ring (bicyclic) bond motifs is 1. The highest BCUT2D eigenvalue weighted by Crippen LogP contribution is 2.25. The number of para-hydroxylation sites is 1. The van der Waals surface area contributed by atoms with Crippen molar-refractivity contribution in [2.45, 2.75) is 27.2 Å². The van der Waals surface area contributed by atoms with E-state index in [2.05, 4.69) is 41.6 Å². The van der Waals surface area contributed by atoms with Crippen molar-refractivity contribution in [3.05, 3.63) is 65.2 Å². The Hall–Kier alpha value is -2.92. The topological polar surface area (TPSA) is 63.2 Å². The van der Waals surface area contributed by atoms with Crippen LogP contribution in [0.5, 0.6) is 0 Å². The van der Waals surface area contributed by atoms with E-state index in [1.807, 2.05) is 43.3 Å². The standard InChI is InChI=1S/C23H27N3O2/c1-4-28-13-7-12-24-23(27)19-15-22(26-21-9-6-5-8-18(19)21)25-20-11-10-16(2)14-17(20)3/h5-6,8-11,14-15H,4,7,12-13H2,1-3H3,(H,24,27)(H,25,26). The molecule has 5 nitrogen and oxygen atoms in total. The predicted octanol–water partition coefficient (Wildman–Crippen LogP) is 4.75. The molecule has 28 heavy (non-hydrogen) atoms. The van der Waals surface area contributed by atoms with Gasteiger partial charge in [-0.15, -0.1) is 0 Å². The SMILES string of the molecule is CCOCCCNC(=O)c1cc(Nc2ccc(C)cc2C)nc2ccccc12. The fraction of sp³-hybridized carbons (Fsp3) is 0.304. The molecule has 0 saturated heterocycles. The summed E-state index contributed by atoms with van der Waals surface area (Å²) in [5.74, 6) is 0.559. The molecule has 2 aromatic carbocycles. The molecule has 0 atom stereocenters. The average molecular weight is 377 g/mol. The molecule has 2 N–H and O–H groups in total. The monoisotopic (exact) mass is 377 g/mol. The van der Waals surface area contributed by atoms with Gasteiger partial charge >= 0.3 is 0 Å². The van der Waals surface area contributed by atoms with E-state index in [9.17, 15) is 4.79 Å². The zero-order chi connectivity index (χ0) is 19.9. The molecule has 1 heterocycles. The van der Waals surface area contributed by atoms with Gasteiger partial charge in [-0.2, -0.15) is 0 Å². The number of ether oxygens (including phenoxy) is 1. The van der Waals surface area contributed by atoms with Crippen molar-refractivity contribution in [1.29, 1.82) is 0 Å². The maximum atomic E-state index is 12.8. The zero-order valence-corrected chi connectivity index (χ0v) is 16.7. The third kappa shape index (κ3) is 4.87. The lowest BCUT2D eigenvalue weighted by Crippen LogP contribution is -2.25. The van der Waals surface area contributed by atoms with Crippen LogP contribution in [0.1, 0.15) is 34.8 Å². The minimum absolute atomic E-state index is 0.0984. The number of carbonyl (C=O) groups excluding carboxylic acids is 1. The summed E-state index contributed by atoms with van der Waals surface area (Å²) in [4.78, 5) is 17.5. The maximum Gasteiger partial charge on any atom is 0.252 e. The summed E-state index contributed by atoms with van der Waals surface area (Å²) in [6, 6.07) is 15.7. The molecule has 3 aromatic rings. The van der Waals surface area contributed by atoms with E-state index in [4.69, 9.17) is 4.74 Å². The van der Waals surface area contributed by atoms with Gasteiger partial charge in [0.1, 0.15) is 5.82 Å². The van der Waals surface area contributed by atoms with Crippen LogP contribution >= 0.6 is 0 Å². The number of rotatable bonds is 8. The molecule has 0 unspecified atom stereocenters. The summed E-state index contributed by atoms with van der Waals surface area (Å²) >= 11 is 0. The van der Waals surface area contributed by atoms with Gasteiger partial charge in [0.2, 0.25) is 0 Å². The van der Waals surface area contributed by atoms with Gasteiger partial charge in [-0.3, -0.25) is 4.79 Å². The molecule has 0 bridgehead atoms. The summed E-state index contributed by atoms with van der Waals surface area (Å²) < 4.78 is 5.33. The first-order valence-corrected chi connectivity index (χ1v) is 9.68. The number of aromatic nitrogens is 1. The second kappa shape index (κ2) is 9.33. The Bertz CT molecular complexity index is 969. The van der Waals surface area contributed by atoms with E-state index in [1.165, 1.54) is 5.56 Å². The summed E-state index contributed by atoms with van der Waals surface area (Å²) in [5.41, 5.74) is 4.74. The van der Waals surface area contributed by atoms with Crippen molar-refractivity contribution < 1.29 is 9.53 Å². The molecule has 0 aliphatic heterocycles. The Labute approximate surface area is 166 Å². The molecule has 146 valence electrons. The normalized spacial score (nSPS) is 10.8. The highest BCUT2D eigenvalue weighted by atomic mass is 16.5. The molecule has 0 spiro atoms. The fourth-order valence-electron chi connectivity index (χ4n) is 3.13. The van der Waals surface area contributed by atoms with Crippen molar-refractivity contribution in [3.63, 3.8) is 0 Å². The number of aryl methyl sites for hydroxylation is 2. The lowest BCUT2D eigenvalue weighted by molar-refractivity contribution is 0.0946.